The van der Waals surface area contributed by atoms with Gasteiger partial charge in [0.25, 0.3) is 0 Å². The van der Waals surface area contributed by atoms with Crippen molar-refractivity contribution in [2.45, 2.75) is 20.3 Å². The third kappa shape index (κ3) is 3.96. The van der Waals surface area contributed by atoms with E-state index in [-0.39, 0.29) is 0 Å². The lowest BCUT2D eigenvalue weighted by Gasteiger charge is -2.11. The minimum Gasteiger partial charge on any atom is -0.493 e. The number of thiol groups is 1. The van der Waals surface area contributed by atoms with Gasteiger partial charge < -0.3 is 4.74 Å². The second kappa shape index (κ2) is 6.29. The molecule has 0 spiro atoms. The van der Waals surface area contributed by atoms with Gasteiger partial charge in [-0.05, 0) is 41.9 Å². The van der Waals surface area contributed by atoms with Crippen molar-refractivity contribution in [2.24, 2.45) is 5.92 Å². The smallest absolute Gasteiger partial charge is 0.119 e. The summed E-state index contributed by atoms with van der Waals surface area (Å²) < 4.78 is 5.65. The average molecular weight is 245 g/mol. The summed E-state index contributed by atoms with van der Waals surface area (Å²) in [6.07, 6.45) is 0.929. The predicted octanol–water partition coefficient (Wildman–Crippen LogP) is 3.85. The van der Waals surface area contributed by atoms with E-state index in [1.165, 1.54) is 0 Å². The SMILES string of the molecule is CCc1cc(OCC(C)CS)ccc1Cl. The van der Waals surface area contributed by atoms with Crippen LogP contribution in [0.25, 0.3) is 0 Å². The molecule has 1 aromatic carbocycles. The van der Waals surface area contributed by atoms with Crippen molar-refractivity contribution < 1.29 is 4.74 Å². The standard InChI is InChI=1S/C12H17ClOS/c1-3-10-6-11(4-5-12(10)13)14-7-9(2)8-15/h4-6,9,15H,3,7-8H2,1-2H3. The molecule has 0 bridgehead atoms. The van der Waals surface area contributed by atoms with Gasteiger partial charge in [0.05, 0.1) is 6.61 Å². The number of aryl methyl sites for hydroxylation is 1. The van der Waals surface area contributed by atoms with Crippen LogP contribution < -0.4 is 4.74 Å². The summed E-state index contributed by atoms with van der Waals surface area (Å²) in [6.45, 7) is 4.90. The first-order valence-electron chi connectivity index (χ1n) is 5.19. The van der Waals surface area contributed by atoms with Gasteiger partial charge in [0.2, 0.25) is 0 Å². The van der Waals surface area contributed by atoms with Crippen LogP contribution in [0, 0.1) is 5.92 Å². The van der Waals surface area contributed by atoms with Gasteiger partial charge in [-0.3, -0.25) is 0 Å². The van der Waals surface area contributed by atoms with E-state index in [1.54, 1.807) is 0 Å². The fourth-order valence-electron chi connectivity index (χ4n) is 1.20. The third-order valence-electron chi connectivity index (χ3n) is 2.24. The molecule has 84 valence electrons. The number of hydrogen-bond donors (Lipinski definition) is 1. The highest BCUT2D eigenvalue weighted by Crippen LogP contribution is 2.22. The summed E-state index contributed by atoms with van der Waals surface area (Å²) in [5.41, 5.74) is 1.13. The van der Waals surface area contributed by atoms with E-state index in [0.717, 1.165) is 28.5 Å². The average Bonchev–Trinajstić information content (AvgIpc) is 2.27. The van der Waals surface area contributed by atoms with E-state index in [1.807, 2.05) is 18.2 Å². The Morgan fingerprint density at radius 3 is 2.80 bits per heavy atom. The predicted molar refractivity (Wildman–Crippen MR) is 69.3 cm³/mol. The van der Waals surface area contributed by atoms with Gasteiger partial charge in [-0.1, -0.05) is 25.4 Å². The van der Waals surface area contributed by atoms with E-state index in [2.05, 4.69) is 26.5 Å². The molecule has 3 heteroatoms. The molecule has 0 aliphatic heterocycles. The van der Waals surface area contributed by atoms with Crippen LogP contribution in [0.4, 0.5) is 0 Å². The summed E-state index contributed by atoms with van der Waals surface area (Å²) in [5, 5.41) is 0.812. The third-order valence-corrected chi connectivity index (χ3v) is 3.24. The molecule has 1 atom stereocenters. The Kier molecular flexibility index (Phi) is 5.34. The summed E-state index contributed by atoms with van der Waals surface area (Å²) in [7, 11) is 0. The number of rotatable bonds is 5. The van der Waals surface area contributed by atoms with Gasteiger partial charge in [0, 0.05) is 5.02 Å². The lowest BCUT2D eigenvalue weighted by atomic mass is 10.1. The van der Waals surface area contributed by atoms with Crippen LogP contribution in [0.2, 0.25) is 5.02 Å². The van der Waals surface area contributed by atoms with Crippen molar-refractivity contribution >= 4 is 24.2 Å². The molecule has 1 aromatic rings. The lowest BCUT2D eigenvalue weighted by molar-refractivity contribution is 0.273. The van der Waals surface area contributed by atoms with E-state index in [9.17, 15) is 0 Å². The first-order chi connectivity index (χ1) is 7.17. The van der Waals surface area contributed by atoms with Crippen LogP contribution in [-0.4, -0.2) is 12.4 Å². The Hall–Kier alpha value is -0.340. The van der Waals surface area contributed by atoms with Gasteiger partial charge in [0.1, 0.15) is 5.75 Å². The first kappa shape index (κ1) is 12.7. The van der Waals surface area contributed by atoms with Gasteiger partial charge >= 0.3 is 0 Å². The fourth-order valence-corrected chi connectivity index (χ4v) is 1.56. The molecule has 15 heavy (non-hydrogen) atoms. The molecule has 1 unspecified atom stereocenters. The van der Waals surface area contributed by atoms with Gasteiger partial charge in [-0.15, -0.1) is 0 Å². The minimum absolute atomic E-state index is 0.467. The summed E-state index contributed by atoms with van der Waals surface area (Å²) in [5.74, 6) is 2.20. The Morgan fingerprint density at radius 1 is 1.47 bits per heavy atom. The number of ether oxygens (including phenoxy) is 1. The normalized spacial score (nSPS) is 12.5. The van der Waals surface area contributed by atoms with Crippen LogP contribution in [-0.2, 0) is 6.42 Å². The molecule has 1 rings (SSSR count). The highest BCUT2D eigenvalue weighted by molar-refractivity contribution is 7.80. The van der Waals surface area contributed by atoms with Crippen LogP contribution >= 0.6 is 24.2 Å². The maximum Gasteiger partial charge on any atom is 0.119 e. The summed E-state index contributed by atoms with van der Waals surface area (Å²) >= 11 is 10.2. The zero-order chi connectivity index (χ0) is 11.3. The van der Waals surface area contributed by atoms with Crippen molar-refractivity contribution in [3.05, 3.63) is 28.8 Å². The molecule has 0 fully saturated rings. The first-order valence-corrected chi connectivity index (χ1v) is 6.20. The van der Waals surface area contributed by atoms with E-state index < -0.39 is 0 Å². The van der Waals surface area contributed by atoms with E-state index in [4.69, 9.17) is 16.3 Å². The van der Waals surface area contributed by atoms with Crippen LogP contribution in [0.1, 0.15) is 19.4 Å². The largest absolute Gasteiger partial charge is 0.493 e. The zero-order valence-corrected chi connectivity index (χ0v) is 10.8. The molecule has 0 amide bonds. The van der Waals surface area contributed by atoms with Crippen molar-refractivity contribution in [3.8, 4) is 5.75 Å². The quantitative estimate of drug-likeness (QED) is 0.775. The van der Waals surface area contributed by atoms with Crippen LogP contribution in [0.3, 0.4) is 0 Å². The van der Waals surface area contributed by atoms with Crippen LogP contribution in [0.5, 0.6) is 5.75 Å². The molecular formula is C12H17ClOS. The molecule has 0 N–H and O–H groups in total. The monoisotopic (exact) mass is 244 g/mol. The molecule has 0 aromatic heterocycles. The second-order valence-corrected chi connectivity index (χ2v) is 4.48. The van der Waals surface area contributed by atoms with Crippen molar-refractivity contribution in [1.29, 1.82) is 0 Å². The molecule has 0 radical (unpaired) electrons. The Balaban J connectivity index is 2.62. The van der Waals surface area contributed by atoms with E-state index >= 15 is 0 Å². The van der Waals surface area contributed by atoms with Crippen molar-refractivity contribution in [3.63, 3.8) is 0 Å². The lowest BCUT2D eigenvalue weighted by Crippen LogP contribution is -2.09. The zero-order valence-electron chi connectivity index (χ0n) is 9.16. The minimum atomic E-state index is 0.467. The summed E-state index contributed by atoms with van der Waals surface area (Å²) in [6, 6.07) is 5.81. The van der Waals surface area contributed by atoms with Crippen LogP contribution in [0.15, 0.2) is 18.2 Å². The Morgan fingerprint density at radius 2 is 2.20 bits per heavy atom. The second-order valence-electron chi connectivity index (χ2n) is 3.71. The number of benzene rings is 1. The number of halogens is 1. The Labute approximate surface area is 102 Å². The maximum atomic E-state index is 6.02. The molecule has 0 aliphatic rings. The molecular weight excluding hydrogens is 228 g/mol. The van der Waals surface area contributed by atoms with Crippen molar-refractivity contribution in [1.82, 2.24) is 0 Å². The van der Waals surface area contributed by atoms with Gasteiger partial charge in [0.15, 0.2) is 0 Å². The van der Waals surface area contributed by atoms with Gasteiger partial charge in [-0.2, -0.15) is 12.6 Å². The summed E-state index contributed by atoms with van der Waals surface area (Å²) in [4.78, 5) is 0. The highest BCUT2D eigenvalue weighted by atomic mass is 35.5. The number of hydrogen-bond acceptors (Lipinski definition) is 2. The van der Waals surface area contributed by atoms with E-state index in [0.29, 0.717) is 12.5 Å². The molecule has 0 aliphatic carbocycles. The van der Waals surface area contributed by atoms with Crippen molar-refractivity contribution in [2.75, 3.05) is 12.4 Å². The van der Waals surface area contributed by atoms with Gasteiger partial charge in [-0.25, -0.2) is 0 Å². The fraction of sp³-hybridized carbons (Fsp3) is 0.500. The Bertz CT molecular complexity index is 314. The molecule has 0 saturated carbocycles. The molecule has 1 nitrogen and oxygen atoms in total. The topological polar surface area (TPSA) is 9.23 Å². The molecule has 0 saturated heterocycles. The molecule has 0 heterocycles. The highest BCUT2D eigenvalue weighted by Gasteiger charge is 2.03. The maximum absolute atomic E-state index is 6.02.